The molecule has 7 heteroatoms. The van der Waals surface area contributed by atoms with E-state index in [-0.39, 0.29) is 5.69 Å². The van der Waals surface area contributed by atoms with Crippen LogP contribution in [0.5, 0.6) is 0 Å². The van der Waals surface area contributed by atoms with Crippen molar-refractivity contribution in [3.8, 4) is 0 Å². The second-order valence-corrected chi connectivity index (χ2v) is 5.91. The summed E-state index contributed by atoms with van der Waals surface area (Å²) in [6.45, 7) is 1.39. The van der Waals surface area contributed by atoms with Gasteiger partial charge in [-0.25, -0.2) is 4.99 Å². The zero-order chi connectivity index (χ0) is 15.1. The van der Waals surface area contributed by atoms with Crippen LogP contribution in [0.15, 0.2) is 29.3 Å². The second-order valence-electron chi connectivity index (χ2n) is 4.93. The molecule has 1 aliphatic carbocycles. The highest BCUT2D eigenvalue weighted by Crippen LogP contribution is 2.18. The van der Waals surface area contributed by atoms with Crippen molar-refractivity contribution in [2.45, 2.75) is 25.4 Å². The minimum absolute atomic E-state index is 0.108. The van der Waals surface area contributed by atoms with Crippen molar-refractivity contribution >= 4 is 23.4 Å². The lowest BCUT2D eigenvalue weighted by atomic mass is 10.2. The van der Waals surface area contributed by atoms with E-state index in [0.717, 1.165) is 23.8 Å². The number of benzene rings is 1. The Kier molecular flexibility index (Phi) is 5.86. The van der Waals surface area contributed by atoms with Crippen LogP contribution in [0.1, 0.15) is 18.4 Å². The fraction of sp³-hybridized carbons (Fsp3) is 0.500. The van der Waals surface area contributed by atoms with Crippen molar-refractivity contribution in [2.75, 3.05) is 18.6 Å². The van der Waals surface area contributed by atoms with Crippen LogP contribution >= 0.6 is 11.8 Å². The Morgan fingerprint density at radius 1 is 1.43 bits per heavy atom. The van der Waals surface area contributed by atoms with Crippen molar-refractivity contribution in [1.29, 1.82) is 0 Å². The van der Waals surface area contributed by atoms with Crippen LogP contribution in [0.2, 0.25) is 0 Å². The first-order chi connectivity index (χ1) is 10.2. The highest BCUT2D eigenvalue weighted by molar-refractivity contribution is 7.98. The Hall–Kier alpha value is -1.76. The number of hydrogen-bond acceptors (Lipinski definition) is 4. The topological polar surface area (TPSA) is 79.6 Å². The lowest BCUT2D eigenvalue weighted by Crippen LogP contribution is -2.39. The molecule has 0 unspecified atom stereocenters. The zero-order valence-electron chi connectivity index (χ0n) is 12.0. The van der Waals surface area contributed by atoms with Crippen LogP contribution in [-0.4, -0.2) is 35.5 Å². The molecular formula is C14H20N4O2S. The van der Waals surface area contributed by atoms with Gasteiger partial charge in [0.05, 0.1) is 11.5 Å². The average Bonchev–Trinajstić information content (AvgIpc) is 3.29. The van der Waals surface area contributed by atoms with E-state index >= 15 is 0 Å². The van der Waals surface area contributed by atoms with Crippen molar-refractivity contribution in [1.82, 2.24) is 10.6 Å². The average molecular weight is 308 g/mol. The van der Waals surface area contributed by atoms with Crippen LogP contribution < -0.4 is 10.6 Å². The molecule has 6 nitrogen and oxygen atoms in total. The SMILES string of the molecule is CSCCNC(=NCc1ccc([N+](=O)[O-])cc1)NC1CC1. The minimum atomic E-state index is -0.392. The van der Waals surface area contributed by atoms with Crippen LogP contribution in [0.3, 0.4) is 0 Å². The number of hydrogen-bond donors (Lipinski definition) is 2. The summed E-state index contributed by atoms with van der Waals surface area (Å²) in [6, 6.07) is 7.07. The molecule has 0 aliphatic heterocycles. The minimum Gasteiger partial charge on any atom is -0.356 e. The van der Waals surface area contributed by atoms with Gasteiger partial charge in [0.15, 0.2) is 5.96 Å². The van der Waals surface area contributed by atoms with E-state index in [9.17, 15) is 10.1 Å². The largest absolute Gasteiger partial charge is 0.356 e. The number of nitro groups is 1. The van der Waals surface area contributed by atoms with Crippen LogP contribution in [0, 0.1) is 10.1 Å². The van der Waals surface area contributed by atoms with Gasteiger partial charge < -0.3 is 10.6 Å². The molecule has 0 radical (unpaired) electrons. The molecule has 0 heterocycles. The third-order valence-corrected chi connectivity index (χ3v) is 3.70. The molecule has 21 heavy (non-hydrogen) atoms. The van der Waals surface area contributed by atoms with Gasteiger partial charge in [-0.2, -0.15) is 11.8 Å². The maximum atomic E-state index is 10.6. The molecule has 0 amide bonds. The molecular weight excluding hydrogens is 288 g/mol. The molecule has 0 bridgehead atoms. The number of aliphatic imine (C=N–C) groups is 1. The zero-order valence-corrected chi connectivity index (χ0v) is 12.9. The maximum absolute atomic E-state index is 10.6. The van der Waals surface area contributed by atoms with E-state index in [4.69, 9.17) is 0 Å². The summed E-state index contributed by atoms with van der Waals surface area (Å²) in [5.41, 5.74) is 1.07. The number of guanidine groups is 1. The Labute approximate surface area is 128 Å². The molecule has 0 saturated heterocycles. The van der Waals surface area contributed by atoms with E-state index in [1.807, 2.05) is 0 Å². The molecule has 0 aromatic heterocycles. The lowest BCUT2D eigenvalue weighted by molar-refractivity contribution is -0.384. The van der Waals surface area contributed by atoms with Gasteiger partial charge in [-0.15, -0.1) is 0 Å². The number of thioether (sulfide) groups is 1. The molecule has 2 rings (SSSR count). The summed E-state index contributed by atoms with van der Waals surface area (Å²) in [4.78, 5) is 14.8. The Morgan fingerprint density at radius 2 is 2.14 bits per heavy atom. The number of non-ortho nitro benzene ring substituents is 1. The highest BCUT2D eigenvalue weighted by Gasteiger charge is 2.22. The summed E-state index contributed by atoms with van der Waals surface area (Å²) in [5, 5.41) is 17.3. The Balaban J connectivity index is 1.91. The van der Waals surface area contributed by atoms with E-state index < -0.39 is 4.92 Å². The molecule has 1 aromatic carbocycles. The fourth-order valence-corrected chi connectivity index (χ4v) is 2.04. The number of nitro benzene ring substituents is 1. The Bertz CT molecular complexity index is 500. The standard InChI is InChI=1S/C14H20N4O2S/c1-21-9-8-15-14(17-12-4-5-12)16-10-11-2-6-13(7-3-11)18(19)20/h2-3,6-7,12H,4-5,8-10H2,1H3,(H2,15,16,17). The van der Waals surface area contributed by atoms with Gasteiger partial charge in [-0.1, -0.05) is 12.1 Å². The fourth-order valence-electron chi connectivity index (χ4n) is 1.74. The predicted molar refractivity (Wildman–Crippen MR) is 86.8 cm³/mol. The van der Waals surface area contributed by atoms with Crippen molar-refractivity contribution in [3.05, 3.63) is 39.9 Å². The molecule has 1 fully saturated rings. The highest BCUT2D eigenvalue weighted by atomic mass is 32.2. The first-order valence-corrected chi connectivity index (χ1v) is 8.35. The summed E-state index contributed by atoms with van der Waals surface area (Å²) < 4.78 is 0. The van der Waals surface area contributed by atoms with Gasteiger partial charge in [0.25, 0.3) is 5.69 Å². The number of nitrogens with one attached hydrogen (secondary N) is 2. The molecule has 1 saturated carbocycles. The first kappa shape index (κ1) is 15.6. The second kappa shape index (κ2) is 7.87. The lowest BCUT2D eigenvalue weighted by Gasteiger charge is -2.11. The van der Waals surface area contributed by atoms with Crippen LogP contribution in [-0.2, 0) is 6.54 Å². The maximum Gasteiger partial charge on any atom is 0.269 e. The molecule has 0 atom stereocenters. The van der Waals surface area contributed by atoms with Gasteiger partial charge in [0, 0.05) is 30.5 Å². The third kappa shape index (κ3) is 5.63. The normalized spacial score (nSPS) is 14.8. The van der Waals surface area contributed by atoms with E-state index in [0.29, 0.717) is 12.6 Å². The molecule has 2 N–H and O–H groups in total. The number of rotatable bonds is 7. The van der Waals surface area contributed by atoms with Gasteiger partial charge in [-0.3, -0.25) is 10.1 Å². The molecule has 1 aromatic rings. The van der Waals surface area contributed by atoms with E-state index in [1.165, 1.54) is 25.0 Å². The van der Waals surface area contributed by atoms with Crippen molar-refractivity contribution in [3.63, 3.8) is 0 Å². The smallest absolute Gasteiger partial charge is 0.269 e. The summed E-state index contributed by atoms with van der Waals surface area (Å²) in [6.07, 6.45) is 4.46. The Morgan fingerprint density at radius 3 is 2.71 bits per heavy atom. The van der Waals surface area contributed by atoms with Crippen molar-refractivity contribution in [2.24, 2.45) is 4.99 Å². The summed E-state index contributed by atoms with van der Waals surface area (Å²) in [5.74, 6) is 1.85. The van der Waals surface area contributed by atoms with Crippen LogP contribution in [0.4, 0.5) is 5.69 Å². The van der Waals surface area contributed by atoms with E-state index in [2.05, 4.69) is 21.9 Å². The van der Waals surface area contributed by atoms with Gasteiger partial charge in [-0.05, 0) is 24.7 Å². The summed E-state index contributed by atoms with van der Waals surface area (Å²) >= 11 is 1.79. The molecule has 1 aliphatic rings. The number of nitrogens with zero attached hydrogens (tertiary/aromatic N) is 2. The van der Waals surface area contributed by atoms with Gasteiger partial charge >= 0.3 is 0 Å². The van der Waals surface area contributed by atoms with E-state index in [1.54, 1.807) is 23.9 Å². The predicted octanol–water partition coefficient (Wildman–Crippen LogP) is 2.16. The quantitative estimate of drug-likeness (QED) is 0.265. The van der Waals surface area contributed by atoms with Gasteiger partial charge in [0.2, 0.25) is 0 Å². The molecule has 114 valence electrons. The monoisotopic (exact) mass is 308 g/mol. The van der Waals surface area contributed by atoms with Crippen molar-refractivity contribution < 1.29 is 4.92 Å². The molecule has 0 spiro atoms. The summed E-state index contributed by atoms with van der Waals surface area (Å²) in [7, 11) is 0. The third-order valence-electron chi connectivity index (χ3n) is 3.08. The van der Waals surface area contributed by atoms with Crippen LogP contribution in [0.25, 0.3) is 0 Å². The van der Waals surface area contributed by atoms with Gasteiger partial charge in [0.1, 0.15) is 0 Å². The first-order valence-electron chi connectivity index (χ1n) is 6.96.